The first-order chi connectivity index (χ1) is 7.08. The van der Waals surface area contributed by atoms with E-state index >= 15 is 0 Å². The second kappa shape index (κ2) is 6.33. The minimum atomic E-state index is -4.20. The van der Waals surface area contributed by atoms with Crippen molar-refractivity contribution in [3.05, 3.63) is 0 Å². The highest BCUT2D eigenvalue weighted by atomic mass is 19.4. The van der Waals surface area contributed by atoms with Gasteiger partial charge in [-0.3, -0.25) is 0 Å². The predicted molar refractivity (Wildman–Crippen MR) is 51.7 cm³/mol. The van der Waals surface area contributed by atoms with Crippen molar-refractivity contribution in [2.45, 2.75) is 44.3 Å². The van der Waals surface area contributed by atoms with Gasteiger partial charge in [0.2, 0.25) is 0 Å². The van der Waals surface area contributed by atoms with Crippen molar-refractivity contribution in [1.82, 2.24) is 5.32 Å². The summed E-state index contributed by atoms with van der Waals surface area (Å²) < 4.78 is 39.8. The van der Waals surface area contributed by atoms with Gasteiger partial charge >= 0.3 is 6.18 Å². The summed E-state index contributed by atoms with van der Waals surface area (Å²) in [6.07, 6.45) is 1.08. The van der Waals surface area contributed by atoms with Crippen molar-refractivity contribution in [1.29, 1.82) is 0 Å². The van der Waals surface area contributed by atoms with Gasteiger partial charge in [-0.05, 0) is 25.8 Å². The summed E-state index contributed by atoms with van der Waals surface area (Å²) in [7, 11) is 0. The molecule has 90 valence electrons. The third-order valence-corrected chi connectivity index (χ3v) is 2.54. The van der Waals surface area contributed by atoms with E-state index in [0.717, 1.165) is 19.4 Å². The van der Waals surface area contributed by atoms with Crippen LogP contribution in [0.3, 0.4) is 0 Å². The highest BCUT2D eigenvalue weighted by Gasteiger charge is 2.27. The monoisotopic (exact) mass is 225 g/mol. The van der Waals surface area contributed by atoms with Crippen LogP contribution in [0, 0.1) is 0 Å². The molecule has 1 atom stereocenters. The lowest BCUT2D eigenvalue weighted by Gasteiger charge is -2.15. The molecule has 0 aromatic rings. The molecule has 1 N–H and O–H groups in total. The van der Waals surface area contributed by atoms with Gasteiger partial charge in [-0.25, -0.2) is 0 Å². The van der Waals surface area contributed by atoms with Gasteiger partial charge in [-0.1, -0.05) is 12.8 Å². The van der Waals surface area contributed by atoms with Crippen LogP contribution in [0.15, 0.2) is 0 Å². The molecule has 1 aliphatic rings. The Morgan fingerprint density at radius 3 is 2.73 bits per heavy atom. The molecule has 1 heterocycles. The fourth-order valence-corrected chi connectivity index (χ4v) is 1.76. The van der Waals surface area contributed by atoms with Gasteiger partial charge in [-0.15, -0.1) is 0 Å². The van der Waals surface area contributed by atoms with Gasteiger partial charge in [0.15, 0.2) is 0 Å². The highest BCUT2D eigenvalue weighted by molar-refractivity contribution is 4.70. The molecule has 2 nitrogen and oxygen atoms in total. The maximum absolute atomic E-state index is 11.7. The lowest BCUT2D eigenvalue weighted by molar-refractivity contribution is -0.174. The SMILES string of the molecule is FC(F)(F)COCCC1CCCCCN1. The quantitative estimate of drug-likeness (QED) is 0.742. The first kappa shape index (κ1) is 12.8. The van der Waals surface area contributed by atoms with Crippen molar-refractivity contribution in [2.24, 2.45) is 0 Å². The maximum atomic E-state index is 11.7. The largest absolute Gasteiger partial charge is 0.411 e. The molecule has 1 aliphatic heterocycles. The molecule has 0 bridgehead atoms. The molecule has 1 unspecified atom stereocenters. The molecule has 15 heavy (non-hydrogen) atoms. The summed E-state index contributed by atoms with van der Waals surface area (Å²) in [6, 6.07) is 0.334. The van der Waals surface area contributed by atoms with Crippen molar-refractivity contribution in [2.75, 3.05) is 19.8 Å². The van der Waals surface area contributed by atoms with E-state index in [4.69, 9.17) is 0 Å². The summed E-state index contributed by atoms with van der Waals surface area (Å²) in [4.78, 5) is 0. The number of hydrogen-bond acceptors (Lipinski definition) is 2. The molecule has 1 saturated heterocycles. The van der Waals surface area contributed by atoms with E-state index in [0.29, 0.717) is 12.5 Å². The molecule has 0 aromatic carbocycles. The Balaban J connectivity index is 2.03. The van der Waals surface area contributed by atoms with Crippen LogP contribution in [0.4, 0.5) is 13.2 Å². The van der Waals surface area contributed by atoms with Crippen molar-refractivity contribution < 1.29 is 17.9 Å². The third-order valence-electron chi connectivity index (χ3n) is 2.54. The molecule has 0 spiro atoms. The second-order valence-electron chi connectivity index (χ2n) is 3.96. The lowest BCUT2D eigenvalue weighted by Crippen LogP contribution is -2.30. The number of alkyl halides is 3. The Morgan fingerprint density at radius 2 is 2.00 bits per heavy atom. The number of nitrogens with one attached hydrogen (secondary N) is 1. The average Bonchev–Trinajstić information content (AvgIpc) is 2.39. The molecule has 0 radical (unpaired) electrons. The van der Waals surface area contributed by atoms with E-state index in [9.17, 15) is 13.2 Å². The lowest BCUT2D eigenvalue weighted by atomic mass is 10.1. The molecule has 0 amide bonds. The topological polar surface area (TPSA) is 21.3 Å². The third kappa shape index (κ3) is 6.73. The fraction of sp³-hybridized carbons (Fsp3) is 1.00. The standard InChI is InChI=1S/C10H18F3NO/c11-10(12,13)8-15-7-5-9-4-2-1-3-6-14-9/h9,14H,1-8H2. The first-order valence-corrected chi connectivity index (χ1v) is 5.46. The van der Waals surface area contributed by atoms with Crippen molar-refractivity contribution in [3.63, 3.8) is 0 Å². The zero-order valence-corrected chi connectivity index (χ0v) is 8.78. The fourth-order valence-electron chi connectivity index (χ4n) is 1.76. The highest BCUT2D eigenvalue weighted by Crippen LogP contribution is 2.15. The van der Waals surface area contributed by atoms with Gasteiger partial charge in [0, 0.05) is 12.6 Å². The van der Waals surface area contributed by atoms with Crippen molar-refractivity contribution >= 4 is 0 Å². The van der Waals surface area contributed by atoms with Gasteiger partial charge in [-0.2, -0.15) is 13.2 Å². The van der Waals surface area contributed by atoms with E-state index < -0.39 is 12.8 Å². The van der Waals surface area contributed by atoms with Gasteiger partial charge < -0.3 is 10.1 Å². The molecule has 0 saturated carbocycles. The normalized spacial score (nSPS) is 23.8. The van der Waals surface area contributed by atoms with Crippen LogP contribution in [0.25, 0.3) is 0 Å². The van der Waals surface area contributed by atoms with Crippen LogP contribution in [0.5, 0.6) is 0 Å². The van der Waals surface area contributed by atoms with E-state index in [-0.39, 0.29) is 6.61 Å². The summed E-state index contributed by atoms with van der Waals surface area (Å²) in [5.41, 5.74) is 0. The molecular formula is C10H18F3NO. The molecule has 1 rings (SSSR count). The summed E-state index contributed by atoms with van der Waals surface area (Å²) in [5, 5.41) is 3.32. The molecular weight excluding hydrogens is 207 g/mol. The summed E-state index contributed by atoms with van der Waals surface area (Å²) in [5.74, 6) is 0. The Kier molecular flexibility index (Phi) is 5.39. The van der Waals surface area contributed by atoms with Crippen LogP contribution >= 0.6 is 0 Å². The van der Waals surface area contributed by atoms with Gasteiger partial charge in [0.05, 0.1) is 0 Å². The van der Waals surface area contributed by atoms with Gasteiger partial charge in [0.25, 0.3) is 0 Å². The Morgan fingerprint density at radius 1 is 1.20 bits per heavy atom. The van der Waals surface area contributed by atoms with Crippen LogP contribution in [-0.4, -0.2) is 32.0 Å². The minimum absolute atomic E-state index is 0.192. The van der Waals surface area contributed by atoms with Crippen molar-refractivity contribution in [3.8, 4) is 0 Å². The molecule has 5 heteroatoms. The Labute approximate surface area is 88.2 Å². The predicted octanol–water partition coefficient (Wildman–Crippen LogP) is 2.49. The zero-order valence-electron chi connectivity index (χ0n) is 8.78. The smallest absolute Gasteiger partial charge is 0.372 e. The number of rotatable bonds is 4. The number of halogens is 3. The van der Waals surface area contributed by atoms with E-state index in [1.54, 1.807) is 0 Å². The van der Waals surface area contributed by atoms with E-state index in [1.165, 1.54) is 12.8 Å². The van der Waals surface area contributed by atoms with Crippen LogP contribution in [0.2, 0.25) is 0 Å². The Bertz CT molecular complexity index is 165. The maximum Gasteiger partial charge on any atom is 0.411 e. The van der Waals surface area contributed by atoms with E-state index in [2.05, 4.69) is 10.1 Å². The Hall–Kier alpha value is -0.290. The van der Waals surface area contributed by atoms with E-state index in [1.807, 2.05) is 0 Å². The summed E-state index contributed by atoms with van der Waals surface area (Å²) in [6.45, 7) is 0.0425. The number of hydrogen-bond donors (Lipinski definition) is 1. The van der Waals surface area contributed by atoms with Crippen LogP contribution in [-0.2, 0) is 4.74 Å². The minimum Gasteiger partial charge on any atom is -0.372 e. The summed E-state index contributed by atoms with van der Waals surface area (Å²) >= 11 is 0. The molecule has 1 fully saturated rings. The van der Waals surface area contributed by atoms with Crippen LogP contribution < -0.4 is 5.32 Å². The molecule has 0 aromatic heterocycles. The van der Waals surface area contributed by atoms with Crippen LogP contribution in [0.1, 0.15) is 32.1 Å². The first-order valence-electron chi connectivity index (χ1n) is 5.46. The average molecular weight is 225 g/mol. The van der Waals surface area contributed by atoms with Gasteiger partial charge in [0.1, 0.15) is 6.61 Å². The zero-order chi connectivity index (χ0) is 11.1. The second-order valence-corrected chi connectivity index (χ2v) is 3.96. The number of ether oxygens (including phenoxy) is 1. The molecule has 0 aliphatic carbocycles.